The molecule has 112 valence electrons. The molecule has 2 N–H and O–H groups in total. The second-order valence-corrected chi connectivity index (χ2v) is 5.58. The van der Waals surface area contributed by atoms with Crippen LogP contribution in [0.5, 0.6) is 0 Å². The molecule has 2 rings (SSSR count). The smallest absolute Gasteiger partial charge is 0.231 e. The maximum atomic E-state index is 4.49. The minimum Gasteiger partial charge on any atom is -0.354 e. The minimum absolute atomic E-state index is 0.500. The van der Waals surface area contributed by atoms with Crippen molar-refractivity contribution in [3.63, 3.8) is 0 Å². The van der Waals surface area contributed by atoms with Crippen LogP contribution >= 0.6 is 0 Å². The van der Waals surface area contributed by atoms with Gasteiger partial charge in [0.05, 0.1) is 0 Å². The van der Waals surface area contributed by atoms with Gasteiger partial charge in [-0.15, -0.1) is 0 Å². The van der Waals surface area contributed by atoms with Gasteiger partial charge in [0.15, 0.2) is 0 Å². The third-order valence-electron chi connectivity index (χ3n) is 3.50. The molecule has 0 amide bonds. The zero-order valence-electron chi connectivity index (χ0n) is 12.8. The summed E-state index contributed by atoms with van der Waals surface area (Å²) >= 11 is 0. The van der Waals surface area contributed by atoms with Crippen LogP contribution in [0.15, 0.2) is 0 Å². The summed E-state index contributed by atoms with van der Waals surface area (Å²) < 4.78 is 0. The van der Waals surface area contributed by atoms with E-state index in [1.54, 1.807) is 0 Å². The monoisotopic (exact) mass is 278 g/mol. The first-order valence-electron chi connectivity index (χ1n) is 7.63. The van der Waals surface area contributed by atoms with Crippen LogP contribution in [0.1, 0.15) is 45.4 Å². The fourth-order valence-electron chi connectivity index (χ4n) is 2.37. The summed E-state index contributed by atoms with van der Waals surface area (Å²) in [6.45, 7) is 3.00. The van der Waals surface area contributed by atoms with Crippen molar-refractivity contribution >= 4 is 17.8 Å². The standard InChI is InChI=1S/C14H26N6/c1-4-10-15-12-17-13(19-14(18-12)20(2)3)16-11-8-6-5-7-9-11/h11H,4-10H2,1-3H3,(H2,15,16,17,18,19). The molecule has 1 fully saturated rings. The highest BCUT2D eigenvalue weighted by atomic mass is 15.3. The number of hydrogen-bond acceptors (Lipinski definition) is 6. The topological polar surface area (TPSA) is 66.0 Å². The van der Waals surface area contributed by atoms with Crippen LogP contribution in [-0.2, 0) is 0 Å². The number of nitrogens with one attached hydrogen (secondary N) is 2. The Kier molecular flexibility index (Phi) is 5.38. The quantitative estimate of drug-likeness (QED) is 0.833. The number of hydrogen-bond donors (Lipinski definition) is 2. The molecule has 0 atom stereocenters. The van der Waals surface area contributed by atoms with E-state index in [1.807, 2.05) is 19.0 Å². The maximum absolute atomic E-state index is 4.49. The lowest BCUT2D eigenvalue weighted by molar-refractivity contribution is 0.461. The second-order valence-electron chi connectivity index (χ2n) is 5.58. The van der Waals surface area contributed by atoms with E-state index in [0.29, 0.717) is 23.9 Å². The second kappa shape index (κ2) is 7.26. The highest BCUT2D eigenvalue weighted by molar-refractivity contribution is 5.43. The summed E-state index contributed by atoms with van der Waals surface area (Å²) in [5.41, 5.74) is 0. The molecular formula is C14H26N6. The largest absolute Gasteiger partial charge is 0.354 e. The summed E-state index contributed by atoms with van der Waals surface area (Å²) in [5, 5.41) is 6.70. The van der Waals surface area contributed by atoms with Crippen LogP contribution in [0.2, 0.25) is 0 Å². The molecule has 1 heterocycles. The van der Waals surface area contributed by atoms with E-state index in [1.165, 1.54) is 32.1 Å². The van der Waals surface area contributed by atoms with E-state index in [2.05, 4.69) is 32.5 Å². The van der Waals surface area contributed by atoms with Crippen LogP contribution in [0, 0.1) is 0 Å². The Bertz CT molecular complexity index is 414. The summed E-state index contributed by atoms with van der Waals surface area (Å²) in [7, 11) is 3.90. The Labute approximate surface area is 121 Å². The van der Waals surface area contributed by atoms with Gasteiger partial charge in [-0.3, -0.25) is 0 Å². The van der Waals surface area contributed by atoms with Crippen molar-refractivity contribution in [2.24, 2.45) is 0 Å². The van der Waals surface area contributed by atoms with Gasteiger partial charge in [-0.05, 0) is 19.3 Å². The van der Waals surface area contributed by atoms with E-state index >= 15 is 0 Å². The Morgan fingerprint density at radius 3 is 2.40 bits per heavy atom. The van der Waals surface area contributed by atoms with Crippen LogP contribution in [0.3, 0.4) is 0 Å². The van der Waals surface area contributed by atoms with Crippen molar-refractivity contribution in [1.82, 2.24) is 15.0 Å². The van der Waals surface area contributed by atoms with Crippen molar-refractivity contribution in [2.75, 3.05) is 36.2 Å². The normalized spacial score (nSPS) is 15.9. The zero-order chi connectivity index (χ0) is 14.4. The van der Waals surface area contributed by atoms with Gasteiger partial charge < -0.3 is 15.5 Å². The van der Waals surface area contributed by atoms with Crippen LogP contribution < -0.4 is 15.5 Å². The molecule has 1 aliphatic rings. The Morgan fingerprint density at radius 1 is 1.05 bits per heavy atom. The summed E-state index contributed by atoms with van der Waals surface area (Å²) in [4.78, 5) is 15.3. The molecule has 1 saturated carbocycles. The summed E-state index contributed by atoms with van der Waals surface area (Å²) in [5.74, 6) is 2.04. The Balaban J connectivity index is 2.10. The molecule has 0 bridgehead atoms. The predicted octanol–water partition coefficient (Wildman–Crippen LogP) is 2.50. The Morgan fingerprint density at radius 2 is 1.75 bits per heavy atom. The van der Waals surface area contributed by atoms with Crippen molar-refractivity contribution in [1.29, 1.82) is 0 Å². The molecule has 0 aromatic carbocycles. The zero-order valence-corrected chi connectivity index (χ0v) is 12.8. The number of nitrogens with zero attached hydrogens (tertiary/aromatic N) is 4. The first kappa shape index (κ1) is 14.8. The molecule has 0 aliphatic heterocycles. The highest BCUT2D eigenvalue weighted by Gasteiger charge is 2.15. The molecule has 1 aliphatic carbocycles. The third kappa shape index (κ3) is 4.21. The van der Waals surface area contributed by atoms with E-state index in [0.717, 1.165) is 13.0 Å². The van der Waals surface area contributed by atoms with Crippen molar-refractivity contribution < 1.29 is 0 Å². The average Bonchev–Trinajstić information content (AvgIpc) is 2.46. The van der Waals surface area contributed by atoms with Crippen molar-refractivity contribution in [2.45, 2.75) is 51.5 Å². The SMILES string of the molecule is CCCNc1nc(NC2CCCCC2)nc(N(C)C)n1. The predicted molar refractivity (Wildman–Crippen MR) is 83.4 cm³/mol. The average molecular weight is 278 g/mol. The van der Waals surface area contributed by atoms with E-state index < -0.39 is 0 Å². The number of anilines is 3. The molecule has 20 heavy (non-hydrogen) atoms. The fourth-order valence-corrected chi connectivity index (χ4v) is 2.37. The third-order valence-corrected chi connectivity index (χ3v) is 3.50. The summed E-state index contributed by atoms with van der Waals surface area (Å²) in [6, 6.07) is 0.500. The van der Waals surface area contributed by atoms with Crippen molar-refractivity contribution in [3.8, 4) is 0 Å². The van der Waals surface area contributed by atoms with Crippen LogP contribution in [-0.4, -0.2) is 41.6 Å². The molecule has 1 aromatic rings. The van der Waals surface area contributed by atoms with Crippen LogP contribution in [0.25, 0.3) is 0 Å². The molecule has 0 spiro atoms. The van der Waals surface area contributed by atoms with Gasteiger partial charge >= 0.3 is 0 Å². The lowest BCUT2D eigenvalue weighted by atomic mass is 9.96. The molecule has 1 aromatic heterocycles. The first-order valence-corrected chi connectivity index (χ1v) is 7.63. The molecule has 6 heteroatoms. The molecule has 0 radical (unpaired) electrons. The summed E-state index contributed by atoms with van der Waals surface area (Å²) in [6.07, 6.45) is 7.41. The van der Waals surface area contributed by atoms with Crippen LogP contribution in [0.4, 0.5) is 17.8 Å². The van der Waals surface area contributed by atoms with Gasteiger partial charge in [-0.25, -0.2) is 0 Å². The highest BCUT2D eigenvalue weighted by Crippen LogP contribution is 2.21. The molecule has 0 unspecified atom stereocenters. The van der Waals surface area contributed by atoms with E-state index in [9.17, 15) is 0 Å². The molecular weight excluding hydrogens is 252 g/mol. The number of aromatic nitrogens is 3. The van der Waals surface area contributed by atoms with E-state index in [-0.39, 0.29) is 0 Å². The minimum atomic E-state index is 0.500. The maximum Gasteiger partial charge on any atom is 0.231 e. The molecule has 0 saturated heterocycles. The van der Waals surface area contributed by atoms with Gasteiger partial charge in [0.2, 0.25) is 17.8 Å². The Hall–Kier alpha value is -1.59. The fraction of sp³-hybridized carbons (Fsp3) is 0.786. The number of rotatable bonds is 6. The first-order chi connectivity index (χ1) is 9.69. The van der Waals surface area contributed by atoms with Gasteiger partial charge in [-0.2, -0.15) is 15.0 Å². The van der Waals surface area contributed by atoms with E-state index in [4.69, 9.17) is 0 Å². The van der Waals surface area contributed by atoms with Gasteiger partial charge in [-0.1, -0.05) is 26.2 Å². The lowest BCUT2D eigenvalue weighted by Crippen LogP contribution is -2.25. The lowest BCUT2D eigenvalue weighted by Gasteiger charge is -2.23. The van der Waals surface area contributed by atoms with Gasteiger partial charge in [0, 0.05) is 26.7 Å². The molecule has 6 nitrogen and oxygen atoms in total. The van der Waals surface area contributed by atoms with Crippen molar-refractivity contribution in [3.05, 3.63) is 0 Å². The van der Waals surface area contributed by atoms with Gasteiger partial charge in [0.25, 0.3) is 0 Å². The van der Waals surface area contributed by atoms with Gasteiger partial charge in [0.1, 0.15) is 0 Å².